The van der Waals surface area contributed by atoms with E-state index >= 15 is 0 Å². The Hall–Kier alpha value is -1.71. The van der Waals surface area contributed by atoms with Crippen molar-refractivity contribution in [3.8, 4) is 5.75 Å². The maximum absolute atomic E-state index is 11.9. The van der Waals surface area contributed by atoms with Gasteiger partial charge in [-0.3, -0.25) is 4.79 Å². The van der Waals surface area contributed by atoms with Crippen LogP contribution in [0.15, 0.2) is 18.2 Å². The number of phenols is 1. The van der Waals surface area contributed by atoms with E-state index in [4.69, 9.17) is 5.73 Å². The summed E-state index contributed by atoms with van der Waals surface area (Å²) in [6.45, 7) is 6.16. The van der Waals surface area contributed by atoms with Crippen molar-refractivity contribution in [1.82, 2.24) is 5.32 Å². The summed E-state index contributed by atoms with van der Waals surface area (Å²) in [6.07, 6.45) is 0.879. The molecule has 4 N–H and O–H groups in total. The molecule has 17 heavy (non-hydrogen) atoms. The fourth-order valence-electron chi connectivity index (χ4n) is 1.68. The van der Waals surface area contributed by atoms with Crippen LogP contribution in [0.4, 0.5) is 5.69 Å². The summed E-state index contributed by atoms with van der Waals surface area (Å²) in [7, 11) is 0. The van der Waals surface area contributed by atoms with Gasteiger partial charge in [0.25, 0.3) is 5.91 Å². The lowest BCUT2D eigenvalue weighted by Crippen LogP contribution is -2.37. The SMILES string of the molecule is CCC(NC(=O)c1ccc(N)c(O)c1)C(C)C. The first-order valence-electron chi connectivity index (χ1n) is 5.85. The molecule has 1 atom stereocenters. The Kier molecular flexibility index (Phi) is 4.37. The average molecular weight is 236 g/mol. The van der Waals surface area contributed by atoms with Gasteiger partial charge >= 0.3 is 0 Å². The molecule has 0 aliphatic heterocycles. The number of nitrogen functional groups attached to an aromatic ring is 1. The highest BCUT2D eigenvalue weighted by Crippen LogP contribution is 2.20. The minimum absolute atomic E-state index is 0.0600. The van der Waals surface area contributed by atoms with Gasteiger partial charge in [-0.25, -0.2) is 0 Å². The third-order valence-electron chi connectivity index (χ3n) is 2.85. The molecular weight excluding hydrogens is 216 g/mol. The van der Waals surface area contributed by atoms with Gasteiger partial charge in [0, 0.05) is 11.6 Å². The van der Waals surface area contributed by atoms with E-state index in [2.05, 4.69) is 19.2 Å². The topological polar surface area (TPSA) is 75.4 Å². The Labute approximate surface area is 102 Å². The van der Waals surface area contributed by atoms with Gasteiger partial charge < -0.3 is 16.2 Å². The lowest BCUT2D eigenvalue weighted by atomic mass is 10.0. The van der Waals surface area contributed by atoms with Crippen LogP contribution in [0.5, 0.6) is 5.75 Å². The molecule has 0 radical (unpaired) electrons. The van der Waals surface area contributed by atoms with Crippen LogP contribution < -0.4 is 11.1 Å². The van der Waals surface area contributed by atoms with Gasteiger partial charge in [-0.1, -0.05) is 20.8 Å². The molecule has 4 heteroatoms. The molecule has 1 aromatic carbocycles. The molecule has 1 aromatic rings. The number of rotatable bonds is 4. The zero-order valence-electron chi connectivity index (χ0n) is 10.5. The average Bonchev–Trinajstić information content (AvgIpc) is 2.28. The fraction of sp³-hybridized carbons (Fsp3) is 0.462. The molecule has 94 valence electrons. The fourth-order valence-corrected chi connectivity index (χ4v) is 1.68. The molecule has 0 aromatic heterocycles. The predicted molar refractivity (Wildman–Crippen MR) is 68.9 cm³/mol. The van der Waals surface area contributed by atoms with Crippen LogP contribution in [0.25, 0.3) is 0 Å². The predicted octanol–water partition coefficient (Wildman–Crippen LogP) is 2.14. The molecule has 4 nitrogen and oxygen atoms in total. The zero-order chi connectivity index (χ0) is 13.0. The summed E-state index contributed by atoms with van der Waals surface area (Å²) >= 11 is 0. The first kappa shape index (κ1) is 13.4. The minimum atomic E-state index is -0.180. The molecule has 0 heterocycles. The molecule has 0 aliphatic rings. The van der Waals surface area contributed by atoms with Crippen LogP contribution in [0, 0.1) is 5.92 Å². The second-order valence-corrected chi connectivity index (χ2v) is 4.51. The molecule has 0 saturated carbocycles. The van der Waals surface area contributed by atoms with Gasteiger partial charge in [0.15, 0.2) is 0 Å². The molecule has 1 amide bonds. The number of hydrogen-bond donors (Lipinski definition) is 3. The Morgan fingerprint density at radius 2 is 2.12 bits per heavy atom. The molecule has 0 fully saturated rings. The number of hydrogen-bond acceptors (Lipinski definition) is 3. The van der Waals surface area contributed by atoms with Crippen LogP contribution in [0.3, 0.4) is 0 Å². The molecule has 0 saturated heterocycles. The molecule has 0 bridgehead atoms. The van der Waals surface area contributed by atoms with Crippen molar-refractivity contribution in [3.05, 3.63) is 23.8 Å². The number of anilines is 1. The smallest absolute Gasteiger partial charge is 0.251 e. The van der Waals surface area contributed by atoms with Crippen molar-refractivity contribution in [2.45, 2.75) is 33.2 Å². The summed E-state index contributed by atoms with van der Waals surface area (Å²) in [6, 6.07) is 4.66. The standard InChI is InChI=1S/C13H20N2O2/c1-4-11(8(2)3)15-13(17)9-5-6-10(14)12(16)7-9/h5-8,11,16H,4,14H2,1-3H3,(H,15,17). The third kappa shape index (κ3) is 3.37. The van der Waals surface area contributed by atoms with E-state index in [0.717, 1.165) is 6.42 Å². The quantitative estimate of drug-likeness (QED) is 0.554. The Balaban J connectivity index is 2.79. The summed E-state index contributed by atoms with van der Waals surface area (Å²) < 4.78 is 0. The van der Waals surface area contributed by atoms with E-state index < -0.39 is 0 Å². The number of nitrogens with two attached hydrogens (primary N) is 1. The largest absolute Gasteiger partial charge is 0.506 e. The normalized spacial score (nSPS) is 12.5. The van der Waals surface area contributed by atoms with Crippen molar-refractivity contribution < 1.29 is 9.90 Å². The van der Waals surface area contributed by atoms with Crippen molar-refractivity contribution in [1.29, 1.82) is 0 Å². The molecule has 1 unspecified atom stereocenters. The third-order valence-corrected chi connectivity index (χ3v) is 2.85. The van der Waals surface area contributed by atoms with Gasteiger partial charge in [-0.05, 0) is 30.5 Å². The van der Waals surface area contributed by atoms with Crippen LogP contribution in [-0.2, 0) is 0 Å². The van der Waals surface area contributed by atoms with Crippen molar-refractivity contribution >= 4 is 11.6 Å². The Bertz CT molecular complexity index is 402. The van der Waals surface area contributed by atoms with E-state index in [9.17, 15) is 9.90 Å². The maximum Gasteiger partial charge on any atom is 0.251 e. The van der Waals surface area contributed by atoms with Crippen molar-refractivity contribution in [2.75, 3.05) is 5.73 Å². The van der Waals surface area contributed by atoms with Crippen LogP contribution in [0.2, 0.25) is 0 Å². The number of phenolic OH excluding ortho intramolecular Hbond substituents is 1. The Morgan fingerprint density at radius 3 is 2.59 bits per heavy atom. The molecule has 1 rings (SSSR count). The van der Waals surface area contributed by atoms with E-state index in [0.29, 0.717) is 11.5 Å². The molecule has 0 spiro atoms. The number of amides is 1. The van der Waals surface area contributed by atoms with Crippen molar-refractivity contribution in [2.24, 2.45) is 5.92 Å². The van der Waals surface area contributed by atoms with Crippen LogP contribution in [-0.4, -0.2) is 17.1 Å². The van der Waals surface area contributed by atoms with E-state index in [-0.39, 0.29) is 23.4 Å². The van der Waals surface area contributed by atoms with Crippen LogP contribution in [0.1, 0.15) is 37.6 Å². The van der Waals surface area contributed by atoms with Gasteiger partial charge in [-0.15, -0.1) is 0 Å². The van der Waals surface area contributed by atoms with Gasteiger partial charge in [-0.2, -0.15) is 0 Å². The second kappa shape index (κ2) is 5.57. The van der Waals surface area contributed by atoms with Crippen LogP contribution >= 0.6 is 0 Å². The van der Waals surface area contributed by atoms with E-state index in [1.54, 1.807) is 6.07 Å². The summed E-state index contributed by atoms with van der Waals surface area (Å²) in [4.78, 5) is 11.9. The van der Waals surface area contributed by atoms with Gasteiger partial charge in [0.1, 0.15) is 5.75 Å². The lowest BCUT2D eigenvalue weighted by molar-refractivity contribution is 0.0924. The number of benzene rings is 1. The second-order valence-electron chi connectivity index (χ2n) is 4.51. The zero-order valence-corrected chi connectivity index (χ0v) is 10.5. The highest BCUT2D eigenvalue weighted by atomic mass is 16.3. The summed E-state index contributed by atoms with van der Waals surface area (Å²) in [5, 5.41) is 12.4. The highest BCUT2D eigenvalue weighted by Gasteiger charge is 2.15. The Morgan fingerprint density at radius 1 is 1.47 bits per heavy atom. The first-order chi connectivity index (χ1) is 7.95. The highest BCUT2D eigenvalue weighted by molar-refractivity contribution is 5.95. The first-order valence-corrected chi connectivity index (χ1v) is 5.85. The van der Waals surface area contributed by atoms with Crippen molar-refractivity contribution in [3.63, 3.8) is 0 Å². The van der Waals surface area contributed by atoms with E-state index in [1.165, 1.54) is 12.1 Å². The number of carbonyl (C=O) groups is 1. The number of nitrogens with one attached hydrogen (secondary N) is 1. The summed E-state index contributed by atoms with van der Waals surface area (Å²) in [5.41, 5.74) is 6.18. The number of carbonyl (C=O) groups excluding carboxylic acids is 1. The molecular formula is C13H20N2O2. The van der Waals surface area contributed by atoms with E-state index in [1.807, 2.05) is 6.92 Å². The molecule has 0 aliphatic carbocycles. The monoisotopic (exact) mass is 236 g/mol. The van der Waals surface area contributed by atoms with Gasteiger partial charge in [0.2, 0.25) is 0 Å². The number of aromatic hydroxyl groups is 1. The summed E-state index contributed by atoms with van der Waals surface area (Å²) in [5.74, 6) is 0.141. The maximum atomic E-state index is 11.9. The van der Waals surface area contributed by atoms with Gasteiger partial charge in [0.05, 0.1) is 5.69 Å². The minimum Gasteiger partial charge on any atom is -0.506 e. The lowest BCUT2D eigenvalue weighted by Gasteiger charge is -2.20.